The Morgan fingerprint density at radius 1 is 1.13 bits per heavy atom. The Bertz CT molecular complexity index is 1630. The molecule has 3 aromatic carbocycles. The van der Waals surface area contributed by atoms with Gasteiger partial charge in [0.25, 0.3) is 0 Å². The minimum atomic E-state index is -0.431. The molecular formula is C31H30ClFN4O2. The molecule has 5 rings (SSSR count). The number of carbonyl (C=O) groups excluding carboxylic acids is 1. The summed E-state index contributed by atoms with van der Waals surface area (Å²) in [4.78, 5) is 34.4. The van der Waals surface area contributed by atoms with Crippen LogP contribution in [0.25, 0.3) is 27.7 Å². The van der Waals surface area contributed by atoms with Crippen LogP contribution in [0.15, 0.2) is 78.1 Å². The number of fused-ring (bicyclic) bond motifs is 1. The number of amides is 1. The summed E-state index contributed by atoms with van der Waals surface area (Å²) in [5, 5.41) is 1.04. The molecule has 1 amide bonds. The van der Waals surface area contributed by atoms with Gasteiger partial charge < -0.3 is 9.80 Å². The number of hydrogen-bond donors (Lipinski definition) is 0. The molecular weight excluding hydrogens is 515 g/mol. The number of benzene rings is 3. The molecule has 2 heterocycles. The van der Waals surface area contributed by atoms with Gasteiger partial charge in [-0.25, -0.2) is 9.18 Å². The van der Waals surface area contributed by atoms with Gasteiger partial charge in [-0.15, -0.1) is 0 Å². The number of para-hydroxylation sites is 1. The zero-order valence-electron chi connectivity index (χ0n) is 22.0. The third-order valence-corrected chi connectivity index (χ3v) is 7.57. The number of aryl methyl sites for hydroxylation is 1. The molecule has 0 bridgehead atoms. The van der Waals surface area contributed by atoms with Crippen LogP contribution in [-0.2, 0) is 11.2 Å². The average molecular weight is 545 g/mol. The van der Waals surface area contributed by atoms with Gasteiger partial charge in [0.2, 0.25) is 5.91 Å². The highest BCUT2D eigenvalue weighted by molar-refractivity contribution is 6.34. The minimum Gasteiger partial charge on any atom is -0.350 e. The molecule has 1 atom stereocenters. The molecule has 1 aromatic heterocycles. The molecule has 1 fully saturated rings. The maximum atomic E-state index is 14.9. The van der Waals surface area contributed by atoms with E-state index in [0.29, 0.717) is 52.5 Å². The zero-order chi connectivity index (χ0) is 27.7. The highest BCUT2D eigenvalue weighted by Gasteiger charge is 2.29. The predicted octanol–water partition coefficient (Wildman–Crippen LogP) is 6.02. The van der Waals surface area contributed by atoms with Gasteiger partial charge >= 0.3 is 5.69 Å². The molecule has 0 radical (unpaired) electrons. The Balaban J connectivity index is 1.77. The van der Waals surface area contributed by atoms with E-state index in [2.05, 4.69) is 18.5 Å². The largest absolute Gasteiger partial charge is 0.354 e. The van der Waals surface area contributed by atoms with E-state index in [9.17, 15) is 14.0 Å². The SMILES string of the molecule is C=CC(=O)N1CCN(c2nc(=O)n(-c3ccccc3CCC)c3cc(-c4ccccc4F)c(Cl)cc23)[C@@H](C)C1. The normalized spacial score (nSPS) is 15.5. The molecule has 4 aromatic rings. The zero-order valence-corrected chi connectivity index (χ0v) is 22.8. The Hall–Kier alpha value is -3.97. The fourth-order valence-corrected chi connectivity index (χ4v) is 5.64. The highest BCUT2D eigenvalue weighted by Crippen LogP contribution is 2.37. The number of halogens is 2. The lowest BCUT2D eigenvalue weighted by Crippen LogP contribution is -2.54. The molecule has 0 saturated carbocycles. The summed E-state index contributed by atoms with van der Waals surface area (Å²) in [5.41, 5.74) is 2.77. The first-order valence-corrected chi connectivity index (χ1v) is 13.5. The van der Waals surface area contributed by atoms with Crippen molar-refractivity contribution in [3.8, 4) is 16.8 Å². The van der Waals surface area contributed by atoms with Gasteiger partial charge in [0.15, 0.2) is 0 Å². The molecule has 1 aliphatic heterocycles. The molecule has 200 valence electrons. The molecule has 0 aliphatic carbocycles. The molecule has 6 nitrogen and oxygen atoms in total. The van der Waals surface area contributed by atoms with Gasteiger partial charge in [-0.3, -0.25) is 9.36 Å². The van der Waals surface area contributed by atoms with Crippen LogP contribution in [0.1, 0.15) is 25.8 Å². The van der Waals surface area contributed by atoms with Gasteiger partial charge in [-0.2, -0.15) is 4.98 Å². The quantitative estimate of drug-likeness (QED) is 0.278. The Kier molecular flexibility index (Phi) is 7.53. The number of anilines is 1. The van der Waals surface area contributed by atoms with Gasteiger partial charge in [-0.1, -0.05) is 67.9 Å². The summed E-state index contributed by atoms with van der Waals surface area (Å²) in [6.07, 6.45) is 3.01. The summed E-state index contributed by atoms with van der Waals surface area (Å²) in [5.74, 6) is -0.0239. The summed E-state index contributed by atoms with van der Waals surface area (Å²) in [6, 6.07) is 17.7. The van der Waals surface area contributed by atoms with Crippen molar-refractivity contribution in [2.45, 2.75) is 32.7 Å². The van der Waals surface area contributed by atoms with Crippen molar-refractivity contribution < 1.29 is 9.18 Å². The summed E-state index contributed by atoms with van der Waals surface area (Å²) in [6.45, 7) is 9.11. The van der Waals surface area contributed by atoms with Gasteiger partial charge in [0.05, 0.1) is 11.2 Å². The first kappa shape index (κ1) is 26.6. The Labute approximate surface area is 232 Å². The molecule has 1 aliphatic rings. The molecule has 0 N–H and O–H groups in total. The van der Waals surface area contributed by atoms with Crippen LogP contribution >= 0.6 is 11.6 Å². The van der Waals surface area contributed by atoms with Crippen LogP contribution in [0.2, 0.25) is 5.02 Å². The second-order valence-electron chi connectivity index (χ2n) is 9.79. The van der Waals surface area contributed by atoms with Crippen molar-refractivity contribution in [2.24, 2.45) is 0 Å². The van der Waals surface area contributed by atoms with E-state index >= 15 is 0 Å². The molecule has 0 unspecified atom stereocenters. The monoisotopic (exact) mass is 544 g/mol. The van der Waals surface area contributed by atoms with E-state index in [0.717, 1.165) is 24.1 Å². The van der Waals surface area contributed by atoms with Crippen LogP contribution in [0.4, 0.5) is 10.2 Å². The van der Waals surface area contributed by atoms with Gasteiger partial charge in [-0.05, 0) is 49.2 Å². The number of rotatable bonds is 6. The lowest BCUT2D eigenvalue weighted by Gasteiger charge is -2.40. The molecule has 1 saturated heterocycles. The fraction of sp³-hybridized carbons (Fsp3) is 0.258. The van der Waals surface area contributed by atoms with Crippen molar-refractivity contribution in [2.75, 3.05) is 24.5 Å². The smallest absolute Gasteiger partial charge is 0.350 e. The summed E-state index contributed by atoms with van der Waals surface area (Å²) in [7, 11) is 0. The van der Waals surface area contributed by atoms with E-state index < -0.39 is 11.5 Å². The van der Waals surface area contributed by atoms with Crippen molar-refractivity contribution in [3.05, 3.63) is 100 Å². The van der Waals surface area contributed by atoms with E-state index in [1.54, 1.807) is 39.8 Å². The van der Waals surface area contributed by atoms with Crippen LogP contribution in [0.3, 0.4) is 0 Å². The van der Waals surface area contributed by atoms with E-state index in [4.69, 9.17) is 11.6 Å². The van der Waals surface area contributed by atoms with Crippen molar-refractivity contribution in [3.63, 3.8) is 0 Å². The molecule has 8 heteroatoms. The second-order valence-corrected chi connectivity index (χ2v) is 10.2. The topological polar surface area (TPSA) is 58.4 Å². The summed E-state index contributed by atoms with van der Waals surface area (Å²) < 4.78 is 16.5. The van der Waals surface area contributed by atoms with Crippen LogP contribution in [0.5, 0.6) is 0 Å². The van der Waals surface area contributed by atoms with Crippen LogP contribution in [0, 0.1) is 5.82 Å². The number of aromatic nitrogens is 2. The lowest BCUT2D eigenvalue weighted by molar-refractivity contribution is -0.126. The second kappa shape index (κ2) is 11.0. The van der Waals surface area contributed by atoms with Crippen molar-refractivity contribution >= 4 is 34.2 Å². The number of nitrogens with zero attached hydrogens (tertiary/aromatic N) is 4. The minimum absolute atomic E-state index is 0.106. The third-order valence-electron chi connectivity index (χ3n) is 7.26. The van der Waals surface area contributed by atoms with Gasteiger partial charge in [0, 0.05) is 47.2 Å². The van der Waals surface area contributed by atoms with E-state index in [-0.39, 0.29) is 11.9 Å². The number of piperazine rings is 1. The Morgan fingerprint density at radius 2 is 1.87 bits per heavy atom. The van der Waals surface area contributed by atoms with Crippen molar-refractivity contribution in [1.29, 1.82) is 0 Å². The van der Waals surface area contributed by atoms with E-state index in [1.165, 1.54) is 12.1 Å². The first-order chi connectivity index (χ1) is 18.8. The lowest BCUT2D eigenvalue weighted by atomic mass is 10.0. The van der Waals surface area contributed by atoms with E-state index in [1.807, 2.05) is 36.1 Å². The first-order valence-electron chi connectivity index (χ1n) is 13.1. The van der Waals surface area contributed by atoms with Crippen LogP contribution < -0.4 is 10.6 Å². The highest BCUT2D eigenvalue weighted by atomic mass is 35.5. The maximum Gasteiger partial charge on any atom is 0.354 e. The molecule has 0 spiro atoms. The standard InChI is InChI=1S/C31H30ClFN4O2/c1-4-10-21-11-6-9-14-27(21)37-28-18-23(22-12-7-8-13-26(22)33)25(32)17-24(28)30(34-31(37)39)36-16-15-35(19-20(36)3)29(38)5-2/h5-9,11-14,17-18,20H,2,4,10,15-16,19H2,1,3H3/t20-/m0/s1. The number of carbonyl (C=O) groups is 1. The predicted molar refractivity (Wildman–Crippen MR) is 155 cm³/mol. The summed E-state index contributed by atoms with van der Waals surface area (Å²) >= 11 is 6.80. The number of hydrogen-bond acceptors (Lipinski definition) is 4. The third kappa shape index (κ3) is 4.94. The maximum absolute atomic E-state index is 14.9. The fourth-order valence-electron chi connectivity index (χ4n) is 5.38. The molecule has 39 heavy (non-hydrogen) atoms. The van der Waals surface area contributed by atoms with Crippen molar-refractivity contribution in [1.82, 2.24) is 14.5 Å². The average Bonchev–Trinajstić information content (AvgIpc) is 2.93. The van der Waals surface area contributed by atoms with Gasteiger partial charge in [0.1, 0.15) is 11.6 Å². The van der Waals surface area contributed by atoms with Crippen LogP contribution in [-0.4, -0.2) is 46.0 Å². The Morgan fingerprint density at radius 3 is 2.59 bits per heavy atom.